The zero-order valence-electron chi connectivity index (χ0n) is 17.8. The maximum Gasteiger partial charge on any atom is 0.256 e. The van der Waals surface area contributed by atoms with Crippen molar-refractivity contribution in [1.29, 1.82) is 0 Å². The van der Waals surface area contributed by atoms with Crippen LogP contribution in [0.2, 0.25) is 0 Å². The zero-order chi connectivity index (χ0) is 22.9. The average Bonchev–Trinajstić information content (AvgIpc) is 2.87. The van der Waals surface area contributed by atoms with Gasteiger partial charge in [0.25, 0.3) is 5.91 Å². The van der Waals surface area contributed by atoms with E-state index in [1.807, 2.05) is 42.5 Å². The quantitative estimate of drug-likeness (QED) is 0.412. The van der Waals surface area contributed by atoms with Gasteiger partial charge in [0, 0.05) is 16.7 Å². The third-order valence-electron chi connectivity index (χ3n) is 5.76. The molecule has 0 fully saturated rings. The maximum atomic E-state index is 13.4. The molecule has 1 aliphatic carbocycles. The van der Waals surface area contributed by atoms with Crippen molar-refractivity contribution in [3.05, 3.63) is 119 Å². The molecule has 0 spiro atoms. The lowest BCUT2D eigenvalue weighted by Gasteiger charge is -2.22. The summed E-state index contributed by atoms with van der Waals surface area (Å²) < 4.78 is 5.38. The first-order valence-electron chi connectivity index (χ1n) is 10.5. The minimum absolute atomic E-state index is 0.142. The lowest BCUT2D eigenvalue weighted by molar-refractivity contribution is 0.0976. The highest BCUT2D eigenvalue weighted by atomic mass is 16.5. The fourth-order valence-electron chi connectivity index (χ4n) is 4.21. The Balaban J connectivity index is 1.60. The zero-order valence-corrected chi connectivity index (χ0v) is 17.8. The molecule has 1 N–H and O–H groups in total. The van der Waals surface area contributed by atoms with Crippen molar-refractivity contribution < 1.29 is 19.1 Å². The van der Waals surface area contributed by atoms with Gasteiger partial charge in [-0.1, -0.05) is 72.8 Å². The Bertz CT molecular complexity index is 1420. The van der Waals surface area contributed by atoms with Gasteiger partial charge in [-0.2, -0.15) is 0 Å². The SMILES string of the molecule is COc1ccc(NC(=O)c2ccccc2-c2ccccc2)c2c1C(=O)c1ccccc1C2=O. The van der Waals surface area contributed by atoms with Crippen molar-refractivity contribution in [3.8, 4) is 16.9 Å². The summed E-state index contributed by atoms with van der Waals surface area (Å²) in [7, 11) is 1.45. The number of amides is 1. The van der Waals surface area contributed by atoms with Gasteiger partial charge < -0.3 is 10.1 Å². The first-order chi connectivity index (χ1) is 16.1. The summed E-state index contributed by atoms with van der Waals surface area (Å²) >= 11 is 0. The second kappa shape index (κ2) is 8.20. The van der Waals surface area contributed by atoms with E-state index >= 15 is 0 Å². The number of carbonyl (C=O) groups excluding carboxylic acids is 3. The van der Waals surface area contributed by atoms with Crippen LogP contribution < -0.4 is 10.1 Å². The molecule has 0 unspecified atom stereocenters. The highest BCUT2D eigenvalue weighted by Crippen LogP contribution is 2.38. The number of ether oxygens (including phenoxy) is 1. The number of hydrogen-bond donors (Lipinski definition) is 1. The van der Waals surface area contributed by atoms with Crippen molar-refractivity contribution in [3.63, 3.8) is 0 Å². The largest absolute Gasteiger partial charge is 0.496 e. The van der Waals surface area contributed by atoms with Crippen LogP contribution in [0.3, 0.4) is 0 Å². The highest BCUT2D eigenvalue weighted by Gasteiger charge is 2.34. The van der Waals surface area contributed by atoms with Crippen LogP contribution in [-0.2, 0) is 0 Å². The van der Waals surface area contributed by atoms with Gasteiger partial charge in [-0.15, -0.1) is 0 Å². The molecule has 4 aromatic carbocycles. The van der Waals surface area contributed by atoms with Gasteiger partial charge in [0.1, 0.15) is 5.75 Å². The van der Waals surface area contributed by atoms with E-state index in [0.717, 1.165) is 11.1 Å². The van der Waals surface area contributed by atoms with Crippen LogP contribution in [0.4, 0.5) is 5.69 Å². The molecule has 0 heterocycles. The van der Waals surface area contributed by atoms with E-state index < -0.39 is 0 Å². The van der Waals surface area contributed by atoms with Crippen LogP contribution in [0.25, 0.3) is 11.1 Å². The van der Waals surface area contributed by atoms with Crippen molar-refractivity contribution in [1.82, 2.24) is 0 Å². The molecule has 160 valence electrons. The Morgan fingerprint density at radius 2 is 1.24 bits per heavy atom. The third-order valence-corrected chi connectivity index (χ3v) is 5.76. The molecular weight excluding hydrogens is 414 g/mol. The van der Waals surface area contributed by atoms with Crippen molar-refractivity contribution in [2.24, 2.45) is 0 Å². The number of fused-ring (bicyclic) bond motifs is 2. The number of carbonyl (C=O) groups is 3. The van der Waals surface area contributed by atoms with Gasteiger partial charge >= 0.3 is 0 Å². The summed E-state index contributed by atoms with van der Waals surface area (Å²) in [6, 6.07) is 26.7. The first-order valence-corrected chi connectivity index (χ1v) is 10.5. The van der Waals surface area contributed by atoms with Crippen molar-refractivity contribution in [2.75, 3.05) is 12.4 Å². The first kappa shape index (κ1) is 20.4. The summed E-state index contributed by atoms with van der Waals surface area (Å²) in [5.41, 5.74) is 3.34. The van der Waals surface area contributed by atoms with Gasteiger partial charge in [-0.3, -0.25) is 14.4 Å². The van der Waals surface area contributed by atoms with Crippen LogP contribution in [0, 0.1) is 0 Å². The molecule has 1 amide bonds. The molecule has 0 saturated carbocycles. The van der Waals surface area contributed by atoms with E-state index in [1.165, 1.54) is 7.11 Å². The minimum atomic E-state index is -0.374. The summed E-state index contributed by atoms with van der Waals surface area (Å²) in [5, 5.41) is 2.86. The molecule has 5 rings (SSSR count). The molecule has 0 saturated heterocycles. The van der Waals surface area contributed by atoms with Gasteiger partial charge in [-0.25, -0.2) is 0 Å². The van der Waals surface area contributed by atoms with Crippen LogP contribution in [0.1, 0.15) is 42.2 Å². The van der Waals surface area contributed by atoms with Crippen LogP contribution in [0.15, 0.2) is 91.0 Å². The Morgan fingerprint density at radius 3 is 1.91 bits per heavy atom. The van der Waals surface area contributed by atoms with E-state index in [0.29, 0.717) is 22.4 Å². The number of hydrogen-bond acceptors (Lipinski definition) is 4. The monoisotopic (exact) mass is 433 g/mol. The minimum Gasteiger partial charge on any atom is -0.496 e. The Morgan fingerprint density at radius 1 is 0.667 bits per heavy atom. The molecular formula is C28H19NO4. The molecule has 0 radical (unpaired) electrons. The smallest absolute Gasteiger partial charge is 0.256 e. The number of nitrogens with one attached hydrogen (secondary N) is 1. The highest BCUT2D eigenvalue weighted by molar-refractivity contribution is 6.31. The van der Waals surface area contributed by atoms with Crippen molar-refractivity contribution in [2.45, 2.75) is 0 Å². The lowest BCUT2D eigenvalue weighted by Crippen LogP contribution is -2.24. The van der Waals surface area contributed by atoms with Crippen molar-refractivity contribution >= 4 is 23.2 Å². The molecule has 0 atom stereocenters. The fraction of sp³-hybridized carbons (Fsp3) is 0.0357. The molecule has 4 aromatic rings. The van der Waals surface area contributed by atoms with E-state index in [2.05, 4.69) is 5.32 Å². The van der Waals surface area contributed by atoms with E-state index in [-0.39, 0.29) is 34.3 Å². The standard InChI is InChI=1S/C28H19NO4/c1-33-23-16-15-22(24-25(23)27(31)20-13-7-6-12-19(20)26(24)30)29-28(32)21-14-8-5-11-18(21)17-9-3-2-4-10-17/h2-16H,1H3,(H,29,32). The number of methoxy groups -OCH3 is 1. The van der Waals surface area contributed by atoms with E-state index in [9.17, 15) is 14.4 Å². The lowest BCUT2D eigenvalue weighted by atomic mass is 9.82. The average molecular weight is 433 g/mol. The molecule has 1 aliphatic rings. The van der Waals surface area contributed by atoms with E-state index in [4.69, 9.17) is 4.74 Å². The predicted molar refractivity (Wildman–Crippen MR) is 126 cm³/mol. The van der Waals surface area contributed by atoms with Crippen LogP contribution >= 0.6 is 0 Å². The van der Waals surface area contributed by atoms with E-state index in [1.54, 1.807) is 48.5 Å². The number of ketones is 2. The summed E-state index contributed by atoms with van der Waals surface area (Å²) in [4.78, 5) is 40.0. The van der Waals surface area contributed by atoms with Gasteiger partial charge in [0.05, 0.1) is 23.9 Å². The molecule has 0 aromatic heterocycles. The molecule has 33 heavy (non-hydrogen) atoms. The number of anilines is 1. The maximum absolute atomic E-state index is 13.4. The van der Waals surface area contributed by atoms with Crippen LogP contribution in [-0.4, -0.2) is 24.6 Å². The normalized spacial score (nSPS) is 12.0. The van der Waals surface area contributed by atoms with Gasteiger partial charge in [0.2, 0.25) is 0 Å². The second-order valence-corrected chi connectivity index (χ2v) is 7.63. The Labute approximate surface area is 190 Å². The topological polar surface area (TPSA) is 72.5 Å². The Kier molecular flexibility index (Phi) is 5.07. The third kappa shape index (κ3) is 3.40. The molecule has 0 bridgehead atoms. The summed E-state index contributed by atoms with van der Waals surface area (Å²) in [6.45, 7) is 0. The summed E-state index contributed by atoms with van der Waals surface area (Å²) in [6.07, 6.45) is 0. The fourth-order valence-corrected chi connectivity index (χ4v) is 4.21. The van der Waals surface area contributed by atoms with Gasteiger partial charge in [0.15, 0.2) is 11.6 Å². The van der Waals surface area contributed by atoms with Crippen LogP contribution in [0.5, 0.6) is 5.75 Å². The number of rotatable bonds is 4. The second-order valence-electron chi connectivity index (χ2n) is 7.63. The number of benzene rings is 4. The van der Waals surface area contributed by atoms with Gasteiger partial charge in [-0.05, 0) is 29.3 Å². The predicted octanol–water partition coefficient (Wildman–Crippen LogP) is 5.39. The molecule has 0 aliphatic heterocycles. The summed E-state index contributed by atoms with van der Waals surface area (Å²) in [5.74, 6) is -0.718. The molecule has 5 heteroatoms. The Hall–Kier alpha value is -4.51. The molecule has 5 nitrogen and oxygen atoms in total.